The van der Waals surface area contributed by atoms with E-state index in [2.05, 4.69) is 9.97 Å². The monoisotopic (exact) mass is 236 g/mol. The van der Waals surface area contributed by atoms with Crippen LogP contribution >= 0.6 is 0 Å². The molecule has 2 aromatic rings. The Labute approximate surface area is 96.2 Å². The number of halogens is 1. The van der Waals surface area contributed by atoms with Gasteiger partial charge in [-0.1, -0.05) is 0 Å². The largest absolute Gasteiger partial charge is 0.477 e. The van der Waals surface area contributed by atoms with Crippen LogP contribution in [0.5, 0.6) is 11.8 Å². The summed E-state index contributed by atoms with van der Waals surface area (Å²) in [6, 6.07) is 2.58. The number of carbonyl (C=O) groups is 1. The zero-order chi connectivity index (χ0) is 12.4. The van der Waals surface area contributed by atoms with Crippen molar-refractivity contribution in [1.29, 1.82) is 0 Å². The Morgan fingerprint density at radius 2 is 1.82 bits per heavy atom. The summed E-state index contributed by atoms with van der Waals surface area (Å²) in [6.45, 7) is 0. The number of benzene rings is 1. The number of nitrogens with zero attached hydrogens (tertiary/aromatic N) is 2. The number of aldehydes is 1. The van der Waals surface area contributed by atoms with Crippen LogP contribution in [0.3, 0.4) is 0 Å². The van der Waals surface area contributed by atoms with E-state index < -0.39 is 5.82 Å². The van der Waals surface area contributed by atoms with Crippen LogP contribution in [-0.4, -0.2) is 30.5 Å². The summed E-state index contributed by atoms with van der Waals surface area (Å²) in [5.41, 5.74) is 0.375. The molecule has 88 valence electrons. The van der Waals surface area contributed by atoms with E-state index in [4.69, 9.17) is 9.47 Å². The van der Waals surface area contributed by atoms with Gasteiger partial charge in [0.25, 0.3) is 11.8 Å². The van der Waals surface area contributed by atoms with Gasteiger partial charge < -0.3 is 9.47 Å². The van der Waals surface area contributed by atoms with E-state index in [9.17, 15) is 9.18 Å². The highest BCUT2D eigenvalue weighted by Gasteiger charge is 2.14. The first kappa shape index (κ1) is 11.3. The zero-order valence-electron chi connectivity index (χ0n) is 9.23. The quantitative estimate of drug-likeness (QED) is 0.757. The van der Waals surface area contributed by atoms with E-state index in [0.29, 0.717) is 11.8 Å². The minimum atomic E-state index is -0.644. The van der Waals surface area contributed by atoms with E-state index in [1.54, 1.807) is 0 Å². The van der Waals surface area contributed by atoms with Crippen LogP contribution in [0.25, 0.3) is 11.0 Å². The Kier molecular flexibility index (Phi) is 2.86. The molecule has 0 atom stereocenters. The van der Waals surface area contributed by atoms with Crippen molar-refractivity contribution in [3.8, 4) is 11.8 Å². The zero-order valence-corrected chi connectivity index (χ0v) is 9.23. The van der Waals surface area contributed by atoms with Gasteiger partial charge >= 0.3 is 0 Å². The van der Waals surface area contributed by atoms with Gasteiger partial charge in [-0.3, -0.25) is 4.79 Å². The summed E-state index contributed by atoms with van der Waals surface area (Å²) >= 11 is 0. The molecule has 2 rings (SSSR count). The van der Waals surface area contributed by atoms with Crippen LogP contribution in [0.4, 0.5) is 4.39 Å². The lowest BCUT2D eigenvalue weighted by molar-refractivity contribution is 0.112. The third-order valence-electron chi connectivity index (χ3n) is 2.27. The molecular formula is C11H9FN2O3. The Bertz CT molecular complexity index is 586. The second kappa shape index (κ2) is 4.32. The Morgan fingerprint density at radius 3 is 2.41 bits per heavy atom. The van der Waals surface area contributed by atoms with E-state index in [1.807, 2.05) is 0 Å². The van der Waals surface area contributed by atoms with Crippen LogP contribution in [0.15, 0.2) is 12.1 Å². The van der Waals surface area contributed by atoms with Gasteiger partial charge in [0, 0.05) is 0 Å². The molecule has 0 aliphatic heterocycles. The summed E-state index contributed by atoms with van der Waals surface area (Å²) in [4.78, 5) is 18.9. The molecule has 0 saturated heterocycles. The van der Waals surface area contributed by atoms with Gasteiger partial charge in [-0.2, -0.15) is 0 Å². The molecule has 0 bridgehead atoms. The minimum absolute atomic E-state index is 0.105. The first-order valence-electron chi connectivity index (χ1n) is 4.74. The molecule has 6 heteroatoms. The maximum Gasteiger partial charge on any atom is 0.278 e. The van der Waals surface area contributed by atoms with Crippen molar-refractivity contribution in [3.05, 3.63) is 23.5 Å². The summed E-state index contributed by atoms with van der Waals surface area (Å²) in [6.07, 6.45) is 0.401. The van der Waals surface area contributed by atoms with Gasteiger partial charge in [0.2, 0.25) is 0 Å². The van der Waals surface area contributed by atoms with Crippen LogP contribution in [-0.2, 0) is 0 Å². The normalized spacial score (nSPS) is 10.3. The number of hydrogen-bond acceptors (Lipinski definition) is 5. The maximum absolute atomic E-state index is 13.4. The van der Waals surface area contributed by atoms with Crippen LogP contribution < -0.4 is 9.47 Å². The maximum atomic E-state index is 13.4. The van der Waals surface area contributed by atoms with Crippen molar-refractivity contribution in [2.24, 2.45) is 0 Å². The average molecular weight is 236 g/mol. The molecular weight excluding hydrogens is 227 g/mol. The number of fused-ring (bicyclic) bond motifs is 1. The van der Waals surface area contributed by atoms with Gasteiger partial charge in [0.1, 0.15) is 11.3 Å². The van der Waals surface area contributed by atoms with Gasteiger partial charge in [0.15, 0.2) is 6.29 Å². The standard InChI is InChI=1S/C11H9FN2O3/c1-16-10-11(17-2)14-9-6(5-15)7(12)3-4-8(9)13-10/h3-5H,1-2H3. The molecule has 1 aromatic heterocycles. The van der Waals surface area contributed by atoms with E-state index in [1.165, 1.54) is 20.3 Å². The van der Waals surface area contributed by atoms with Crippen molar-refractivity contribution >= 4 is 17.3 Å². The molecule has 0 N–H and O–H groups in total. The van der Waals surface area contributed by atoms with E-state index >= 15 is 0 Å². The van der Waals surface area contributed by atoms with Gasteiger partial charge in [-0.15, -0.1) is 0 Å². The second-order valence-corrected chi connectivity index (χ2v) is 3.19. The lowest BCUT2D eigenvalue weighted by Crippen LogP contribution is -2.00. The third-order valence-corrected chi connectivity index (χ3v) is 2.27. The summed E-state index contributed by atoms with van der Waals surface area (Å²) in [5.74, 6) is -0.355. The molecule has 0 amide bonds. The molecule has 0 aliphatic rings. The highest BCUT2D eigenvalue weighted by molar-refractivity contribution is 5.94. The van der Waals surface area contributed by atoms with Crippen molar-refractivity contribution in [1.82, 2.24) is 9.97 Å². The fraction of sp³-hybridized carbons (Fsp3) is 0.182. The van der Waals surface area contributed by atoms with Crippen LogP contribution in [0.2, 0.25) is 0 Å². The fourth-order valence-electron chi connectivity index (χ4n) is 1.46. The Morgan fingerprint density at radius 1 is 1.18 bits per heavy atom. The second-order valence-electron chi connectivity index (χ2n) is 3.19. The number of ether oxygens (including phenoxy) is 2. The molecule has 0 unspecified atom stereocenters. The number of methoxy groups -OCH3 is 2. The predicted molar refractivity (Wildman–Crippen MR) is 58.0 cm³/mol. The Balaban J connectivity index is 2.82. The lowest BCUT2D eigenvalue weighted by atomic mass is 10.2. The third kappa shape index (κ3) is 1.77. The molecule has 0 saturated carbocycles. The van der Waals surface area contributed by atoms with Crippen molar-refractivity contribution in [3.63, 3.8) is 0 Å². The van der Waals surface area contributed by atoms with Gasteiger partial charge in [0.05, 0.1) is 25.3 Å². The van der Waals surface area contributed by atoms with Crippen molar-refractivity contribution in [2.75, 3.05) is 14.2 Å². The van der Waals surface area contributed by atoms with Crippen molar-refractivity contribution < 1.29 is 18.7 Å². The topological polar surface area (TPSA) is 61.3 Å². The Hall–Kier alpha value is -2.24. The fourth-order valence-corrected chi connectivity index (χ4v) is 1.46. The molecule has 5 nitrogen and oxygen atoms in total. The first-order chi connectivity index (χ1) is 8.21. The predicted octanol–water partition coefficient (Wildman–Crippen LogP) is 1.60. The van der Waals surface area contributed by atoms with Crippen LogP contribution in [0, 0.1) is 5.82 Å². The highest BCUT2D eigenvalue weighted by Crippen LogP contribution is 2.27. The molecule has 17 heavy (non-hydrogen) atoms. The number of aromatic nitrogens is 2. The van der Waals surface area contributed by atoms with Gasteiger partial charge in [-0.05, 0) is 12.1 Å². The SMILES string of the molecule is COc1nc2ccc(F)c(C=O)c2nc1OC. The average Bonchev–Trinajstić information content (AvgIpc) is 2.37. The summed E-state index contributed by atoms with van der Waals surface area (Å²) < 4.78 is 23.3. The van der Waals surface area contributed by atoms with Gasteiger partial charge in [-0.25, -0.2) is 14.4 Å². The summed E-state index contributed by atoms with van der Waals surface area (Å²) in [7, 11) is 2.81. The van der Waals surface area contributed by atoms with E-state index in [0.717, 1.165) is 6.07 Å². The highest BCUT2D eigenvalue weighted by atomic mass is 19.1. The van der Waals surface area contributed by atoms with E-state index in [-0.39, 0.29) is 22.8 Å². The number of hydrogen-bond donors (Lipinski definition) is 0. The molecule has 1 heterocycles. The first-order valence-corrected chi connectivity index (χ1v) is 4.74. The molecule has 0 aliphatic carbocycles. The number of rotatable bonds is 3. The smallest absolute Gasteiger partial charge is 0.278 e. The minimum Gasteiger partial charge on any atom is -0.477 e. The molecule has 0 fully saturated rings. The lowest BCUT2D eigenvalue weighted by Gasteiger charge is -2.07. The summed E-state index contributed by atoms with van der Waals surface area (Å²) in [5, 5.41) is 0. The molecule has 0 radical (unpaired) electrons. The number of carbonyl (C=O) groups excluding carboxylic acids is 1. The molecule has 0 spiro atoms. The molecule has 1 aromatic carbocycles. The van der Waals surface area contributed by atoms with Crippen LogP contribution in [0.1, 0.15) is 10.4 Å². The van der Waals surface area contributed by atoms with Crippen molar-refractivity contribution in [2.45, 2.75) is 0 Å².